The van der Waals surface area contributed by atoms with Crippen LogP contribution in [0.2, 0.25) is 0 Å². The number of sulfone groups is 1. The number of unbranched alkanes of at least 4 members (excludes halogenated alkanes) is 1. The molecule has 2 aromatic carbocycles. The summed E-state index contributed by atoms with van der Waals surface area (Å²) in [6.07, 6.45) is 3.61. The number of aryl methyl sites for hydroxylation is 1. The summed E-state index contributed by atoms with van der Waals surface area (Å²) in [5.74, 6) is 0.371. The van der Waals surface area contributed by atoms with Crippen molar-refractivity contribution < 1.29 is 17.9 Å². The van der Waals surface area contributed by atoms with Crippen molar-refractivity contribution >= 4 is 21.4 Å². The third-order valence-corrected chi connectivity index (χ3v) is 6.02. The molecule has 5 nitrogen and oxygen atoms in total. The van der Waals surface area contributed by atoms with Crippen molar-refractivity contribution in [1.82, 2.24) is 0 Å². The maximum absolute atomic E-state index is 13.3. The number of hydrogen-bond acceptors (Lipinski definition) is 4. The third-order valence-electron chi connectivity index (χ3n) is 4.64. The van der Waals surface area contributed by atoms with Crippen LogP contribution in [0, 0.1) is 6.92 Å². The van der Waals surface area contributed by atoms with Crippen molar-refractivity contribution in [2.75, 3.05) is 17.3 Å². The molecule has 0 aromatic heterocycles. The van der Waals surface area contributed by atoms with Crippen LogP contribution in [-0.2, 0) is 9.84 Å². The fourth-order valence-corrected chi connectivity index (χ4v) is 4.32. The van der Waals surface area contributed by atoms with Crippen molar-refractivity contribution in [3.05, 3.63) is 71.1 Å². The van der Waals surface area contributed by atoms with Crippen LogP contribution in [0.1, 0.15) is 35.7 Å². The van der Waals surface area contributed by atoms with Crippen LogP contribution in [-0.4, -0.2) is 32.7 Å². The monoisotopic (exact) mass is 399 g/mol. The zero-order chi connectivity index (χ0) is 20.1. The first kappa shape index (κ1) is 20.1. The van der Waals surface area contributed by atoms with Gasteiger partial charge in [0.25, 0.3) is 5.91 Å². The lowest BCUT2D eigenvalue weighted by Crippen LogP contribution is -2.41. The molecular weight excluding hydrogens is 374 g/mol. The van der Waals surface area contributed by atoms with Crippen molar-refractivity contribution in [3.63, 3.8) is 0 Å². The molecule has 148 valence electrons. The number of ether oxygens (including phenoxy) is 1. The van der Waals surface area contributed by atoms with E-state index >= 15 is 0 Å². The molecule has 0 spiro atoms. The third kappa shape index (κ3) is 4.81. The van der Waals surface area contributed by atoms with E-state index in [1.165, 1.54) is 5.41 Å². The van der Waals surface area contributed by atoms with Gasteiger partial charge in [0.15, 0.2) is 9.84 Å². The SMILES string of the molecule is CCCCOc1ccc(C(=O)N(c2ccc(C)cc2)[C@H]2C=CS(=O)(=O)C2)cc1. The highest BCUT2D eigenvalue weighted by molar-refractivity contribution is 7.94. The first-order valence-corrected chi connectivity index (χ1v) is 11.2. The first-order chi connectivity index (χ1) is 13.4. The lowest BCUT2D eigenvalue weighted by atomic mass is 10.1. The van der Waals surface area contributed by atoms with Gasteiger partial charge in [0.05, 0.1) is 18.4 Å². The predicted molar refractivity (Wildman–Crippen MR) is 112 cm³/mol. The van der Waals surface area contributed by atoms with Gasteiger partial charge in [0.2, 0.25) is 0 Å². The summed E-state index contributed by atoms with van der Waals surface area (Å²) < 4.78 is 29.5. The lowest BCUT2D eigenvalue weighted by molar-refractivity contribution is 0.0983. The molecule has 0 aliphatic carbocycles. The second kappa shape index (κ2) is 8.61. The van der Waals surface area contributed by atoms with Gasteiger partial charge in [-0.2, -0.15) is 0 Å². The van der Waals surface area contributed by atoms with E-state index in [9.17, 15) is 13.2 Å². The Morgan fingerprint density at radius 2 is 1.79 bits per heavy atom. The Balaban J connectivity index is 1.86. The summed E-state index contributed by atoms with van der Waals surface area (Å²) in [4.78, 5) is 14.8. The molecule has 1 atom stereocenters. The van der Waals surface area contributed by atoms with Crippen LogP contribution in [0.15, 0.2) is 60.0 Å². The minimum atomic E-state index is -3.29. The quantitative estimate of drug-likeness (QED) is 0.657. The lowest BCUT2D eigenvalue weighted by Gasteiger charge is -2.28. The zero-order valence-electron chi connectivity index (χ0n) is 16.2. The van der Waals surface area contributed by atoms with Gasteiger partial charge in [-0.25, -0.2) is 8.42 Å². The van der Waals surface area contributed by atoms with E-state index in [-0.39, 0.29) is 11.7 Å². The number of carbonyl (C=O) groups excluding carboxylic acids is 1. The van der Waals surface area contributed by atoms with E-state index in [0.29, 0.717) is 17.9 Å². The Bertz CT molecular complexity index is 947. The van der Waals surface area contributed by atoms with E-state index in [2.05, 4.69) is 6.92 Å². The standard InChI is InChI=1S/C22H25NO4S/c1-3-4-14-27-21-11-7-18(8-12-21)22(24)23(19-9-5-17(2)6-10-19)20-13-15-28(25,26)16-20/h5-13,15,20H,3-4,14,16H2,1-2H3/t20-/m0/s1. The molecule has 1 aliphatic rings. The fourth-order valence-electron chi connectivity index (χ4n) is 3.05. The highest BCUT2D eigenvalue weighted by Crippen LogP contribution is 2.26. The molecule has 6 heteroatoms. The summed E-state index contributed by atoms with van der Waals surface area (Å²) in [7, 11) is -3.29. The van der Waals surface area contributed by atoms with Gasteiger partial charge in [0, 0.05) is 16.7 Å². The van der Waals surface area contributed by atoms with Gasteiger partial charge < -0.3 is 9.64 Å². The van der Waals surface area contributed by atoms with Crippen LogP contribution >= 0.6 is 0 Å². The van der Waals surface area contributed by atoms with Gasteiger partial charge in [0.1, 0.15) is 5.75 Å². The molecule has 0 fully saturated rings. The topological polar surface area (TPSA) is 63.7 Å². The first-order valence-electron chi connectivity index (χ1n) is 9.43. The Labute approximate surface area is 166 Å². The Kier molecular flexibility index (Phi) is 6.19. The Morgan fingerprint density at radius 3 is 2.36 bits per heavy atom. The minimum absolute atomic E-state index is 0.106. The molecule has 1 amide bonds. The smallest absolute Gasteiger partial charge is 0.258 e. The van der Waals surface area contributed by atoms with Gasteiger partial charge in [-0.05, 0) is 55.8 Å². The normalized spacial score (nSPS) is 17.4. The second-order valence-electron chi connectivity index (χ2n) is 6.96. The van der Waals surface area contributed by atoms with Crippen molar-refractivity contribution in [1.29, 1.82) is 0 Å². The molecule has 1 heterocycles. The molecule has 0 radical (unpaired) electrons. The Hall–Kier alpha value is -2.60. The largest absolute Gasteiger partial charge is 0.494 e. The van der Waals surface area contributed by atoms with Crippen molar-refractivity contribution in [3.8, 4) is 5.75 Å². The molecule has 1 aliphatic heterocycles. The van der Waals surface area contributed by atoms with E-state index < -0.39 is 15.9 Å². The van der Waals surface area contributed by atoms with Crippen LogP contribution in [0.5, 0.6) is 5.75 Å². The molecule has 0 N–H and O–H groups in total. The zero-order valence-corrected chi connectivity index (χ0v) is 17.0. The molecule has 3 rings (SSSR count). The van der Waals surface area contributed by atoms with E-state index in [0.717, 1.165) is 24.2 Å². The molecule has 0 saturated heterocycles. The molecule has 0 saturated carbocycles. The summed E-state index contributed by atoms with van der Waals surface area (Å²) in [6.45, 7) is 4.71. The van der Waals surface area contributed by atoms with Gasteiger partial charge >= 0.3 is 0 Å². The number of nitrogens with zero attached hydrogens (tertiary/aromatic N) is 1. The highest BCUT2D eigenvalue weighted by Gasteiger charge is 2.32. The number of benzene rings is 2. The number of hydrogen-bond donors (Lipinski definition) is 0. The van der Waals surface area contributed by atoms with Crippen molar-refractivity contribution in [2.45, 2.75) is 32.7 Å². The minimum Gasteiger partial charge on any atom is -0.494 e. The number of amides is 1. The number of anilines is 1. The molecule has 0 unspecified atom stereocenters. The molecular formula is C22H25NO4S. The van der Waals surface area contributed by atoms with Crippen LogP contribution in [0.4, 0.5) is 5.69 Å². The summed E-state index contributed by atoms with van der Waals surface area (Å²) in [5, 5.41) is 1.19. The van der Waals surface area contributed by atoms with Crippen LogP contribution in [0.3, 0.4) is 0 Å². The van der Waals surface area contributed by atoms with Crippen LogP contribution in [0.25, 0.3) is 0 Å². The maximum atomic E-state index is 13.3. The molecule has 2 aromatic rings. The second-order valence-corrected chi connectivity index (χ2v) is 8.89. The van der Waals surface area contributed by atoms with Gasteiger partial charge in [-0.1, -0.05) is 31.0 Å². The van der Waals surface area contributed by atoms with Gasteiger partial charge in [-0.3, -0.25) is 4.79 Å². The van der Waals surface area contributed by atoms with E-state index in [1.807, 2.05) is 31.2 Å². The number of carbonyl (C=O) groups is 1. The van der Waals surface area contributed by atoms with Crippen molar-refractivity contribution in [2.24, 2.45) is 0 Å². The Morgan fingerprint density at radius 1 is 1.11 bits per heavy atom. The summed E-state index contributed by atoms with van der Waals surface area (Å²) >= 11 is 0. The molecule has 28 heavy (non-hydrogen) atoms. The average Bonchev–Trinajstić information content (AvgIpc) is 3.03. The van der Waals surface area contributed by atoms with E-state index in [1.54, 1.807) is 35.2 Å². The van der Waals surface area contributed by atoms with E-state index in [4.69, 9.17) is 4.74 Å². The fraction of sp³-hybridized carbons (Fsp3) is 0.318. The molecule has 0 bridgehead atoms. The highest BCUT2D eigenvalue weighted by atomic mass is 32.2. The average molecular weight is 400 g/mol. The summed E-state index contributed by atoms with van der Waals surface area (Å²) in [5.41, 5.74) is 2.23. The number of rotatable bonds is 7. The predicted octanol–water partition coefficient (Wildman–Crippen LogP) is 4.13. The summed E-state index contributed by atoms with van der Waals surface area (Å²) in [6, 6.07) is 14.0. The van der Waals surface area contributed by atoms with Gasteiger partial charge in [-0.15, -0.1) is 0 Å². The van der Waals surface area contributed by atoms with Crippen LogP contribution < -0.4 is 9.64 Å². The maximum Gasteiger partial charge on any atom is 0.258 e.